The van der Waals surface area contributed by atoms with Gasteiger partial charge in [-0.05, 0) is 37.0 Å². The van der Waals surface area contributed by atoms with E-state index >= 15 is 0 Å². The Bertz CT molecular complexity index is 985. The van der Waals surface area contributed by atoms with Crippen LogP contribution in [0.15, 0.2) is 18.2 Å². The van der Waals surface area contributed by atoms with Gasteiger partial charge in [0.25, 0.3) is 0 Å². The molecule has 5 N–H and O–H groups in total. The largest absolute Gasteiger partial charge is 0.478 e. The minimum absolute atomic E-state index is 0.103. The summed E-state index contributed by atoms with van der Waals surface area (Å²) < 4.78 is 5.49. The highest BCUT2D eigenvalue weighted by molar-refractivity contribution is 6.29. The van der Waals surface area contributed by atoms with Crippen LogP contribution in [0.1, 0.15) is 51.2 Å². The van der Waals surface area contributed by atoms with Gasteiger partial charge >= 0.3 is 6.03 Å². The molecule has 2 aromatic rings. The number of hydrazine groups is 1. The average molecular weight is 478 g/mol. The number of aliphatic hydroxyl groups is 1. The summed E-state index contributed by atoms with van der Waals surface area (Å²) in [5.41, 5.74) is 5.12. The second-order valence-electron chi connectivity index (χ2n) is 7.63. The lowest BCUT2D eigenvalue weighted by Crippen LogP contribution is -2.46. The molecule has 0 aliphatic heterocycles. The molecule has 0 saturated heterocycles. The summed E-state index contributed by atoms with van der Waals surface area (Å²) in [6.45, 7) is 8.09. The van der Waals surface area contributed by atoms with Crippen LogP contribution in [0.5, 0.6) is 5.88 Å². The number of hydrogen-bond donors (Lipinski definition) is 5. The van der Waals surface area contributed by atoms with Crippen LogP contribution < -0.4 is 25.8 Å². The highest BCUT2D eigenvalue weighted by atomic mass is 35.5. The van der Waals surface area contributed by atoms with E-state index in [9.17, 15) is 9.90 Å². The molecule has 0 radical (unpaired) electrons. The SMILES string of the molecule is CCCOc1cc(NC(=O)NN(CCO)c2cc(C(C)C)c(C(C)=N)c(NC)n2)cc(Cl)n1. The highest BCUT2D eigenvalue weighted by Gasteiger charge is 2.20. The van der Waals surface area contributed by atoms with Crippen molar-refractivity contribution >= 4 is 40.7 Å². The number of rotatable bonds is 11. The van der Waals surface area contributed by atoms with E-state index in [0.29, 0.717) is 35.5 Å². The van der Waals surface area contributed by atoms with E-state index < -0.39 is 6.03 Å². The summed E-state index contributed by atoms with van der Waals surface area (Å²) in [6.07, 6.45) is 0.809. The number of aromatic nitrogens is 2. The zero-order valence-electron chi connectivity index (χ0n) is 19.6. The van der Waals surface area contributed by atoms with Crippen molar-refractivity contribution in [3.63, 3.8) is 0 Å². The maximum Gasteiger partial charge on any atom is 0.338 e. The average Bonchev–Trinajstić information content (AvgIpc) is 2.75. The van der Waals surface area contributed by atoms with Crippen molar-refractivity contribution in [2.75, 3.05) is 42.4 Å². The molecule has 11 heteroatoms. The van der Waals surface area contributed by atoms with E-state index in [2.05, 4.69) is 26.0 Å². The fraction of sp³-hybridized carbons (Fsp3) is 0.455. The topological polar surface area (TPSA) is 135 Å². The molecule has 0 aliphatic carbocycles. The first-order valence-electron chi connectivity index (χ1n) is 10.7. The maximum absolute atomic E-state index is 12.7. The Balaban J connectivity index is 2.31. The zero-order chi connectivity index (χ0) is 24.5. The summed E-state index contributed by atoms with van der Waals surface area (Å²) in [5, 5.41) is 25.1. The predicted octanol–water partition coefficient (Wildman–Crippen LogP) is 4.01. The number of amides is 2. The molecule has 2 heterocycles. The number of halogens is 1. The van der Waals surface area contributed by atoms with Gasteiger partial charge in [-0.2, -0.15) is 0 Å². The number of nitrogens with zero attached hydrogens (tertiary/aromatic N) is 3. The van der Waals surface area contributed by atoms with Gasteiger partial charge < -0.3 is 25.9 Å². The summed E-state index contributed by atoms with van der Waals surface area (Å²) in [7, 11) is 1.73. The summed E-state index contributed by atoms with van der Waals surface area (Å²) in [5.74, 6) is 1.37. The van der Waals surface area contributed by atoms with Crippen molar-refractivity contribution in [1.29, 1.82) is 5.41 Å². The molecule has 33 heavy (non-hydrogen) atoms. The van der Waals surface area contributed by atoms with Crippen LogP contribution >= 0.6 is 11.6 Å². The van der Waals surface area contributed by atoms with Gasteiger partial charge in [0.15, 0.2) is 0 Å². The second-order valence-corrected chi connectivity index (χ2v) is 8.02. The minimum Gasteiger partial charge on any atom is -0.478 e. The number of ether oxygens (including phenoxy) is 1. The molecule has 0 aliphatic rings. The third-order valence-electron chi connectivity index (χ3n) is 4.59. The van der Waals surface area contributed by atoms with Gasteiger partial charge in [-0.1, -0.05) is 32.4 Å². The van der Waals surface area contributed by atoms with Gasteiger partial charge in [0.1, 0.15) is 16.8 Å². The maximum atomic E-state index is 12.7. The number of nitrogens with one attached hydrogen (secondary N) is 4. The van der Waals surface area contributed by atoms with E-state index in [0.717, 1.165) is 17.5 Å². The van der Waals surface area contributed by atoms with Crippen LogP contribution in [-0.2, 0) is 0 Å². The van der Waals surface area contributed by atoms with Crippen molar-refractivity contribution in [2.45, 2.75) is 40.0 Å². The van der Waals surface area contributed by atoms with Gasteiger partial charge in [0, 0.05) is 24.4 Å². The quantitative estimate of drug-likeness (QED) is 0.187. The summed E-state index contributed by atoms with van der Waals surface area (Å²) in [4.78, 5) is 21.4. The molecule has 0 spiro atoms. The molecule has 0 unspecified atom stereocenters. The number of pyridine rings is 2. The van der Waals surface area contributed by atoms with Crippen molar-refractivity contribution in [2.24, 2.45) is 0 Å². The van der Waals surface area contributed by atoms with Crippen LogP contribution in [0.2, 0.25) is 5.15 Å². The molecule has 0 atom stereocenters. The number of hydrogen-bond acceptors (Lipinski definition) is 8. The van der Waals surface area contributed by atoms with E-state index in [4.69, 9.17) is 21.7 Å². The molecular formula is C22H32ClN7O3. The van der Waals surface area contributed by atoms with Gasteiger partial charge in [0.2, 0.25) is 5.88 Å². The number of urea groups is 1. The fourth-order valence-electron chi connectivity index (χ4n) is 3.15. The number of anilines is 3. The molecule has 2 rings (SSSR count). The number of carbonyl (C=O) groups is 1. The molecular weight excluding hydrogens is 446 g/mol. The van der Waals surface area contributed by atoms with Crippen molar-refractivity contribution in [3.05, 3.63) is 34.5 Å². The molecule has 2 aromatic heterocycles. The van der Waals surface area contributed by atoms with Gasteiger partial charge in [-0.25, -0.2) is 20.2 Å². The molecule has 180 valence electrons. The Kier molecular flexibility index (Phi) is 9.68. The normalized spacial score (nSPS) is 10.7. The second kappa shape index (κ2) is 12.2. The van der Waals surface area contributed by atoms with Crippen LogP contribution in [-0.4, -0.2) is 53.6 Å². The van der Waals surface area contributed by atoms with Gasteiger partial charge in [0.05, 0.1) is 25.4 Å². The lowest BCUT2D eigenvalue weighted by molar-refractivity contribution is 0.248. The minimum atomic E-state index is -0.557. The van der Waals surface area contributed by atoms with E-state index in [1.807, 2.05) is 26.8 Å². The Morgan fingerprint density at radius 2 is 2.03 bits per heavy atom. The summed E-state index contributed by atoms with van der Waals surface area (Å²) >= 11 is 6.04. The Hall–Kier alpha value is -3.11. The molecule has 2 amide bonds. The van der Waals surface area contributed by atoms with Crippen molar-refractivity contribution in [3.8, 4) is 5.88 Å². The van der Waals surface area contributed by atoms with E-state index in [1.54, 1.807) is 20.0 Å². The van der Waals surface area contributed by atoms with Crippen LogP contribution in [0.3, 0.4) is 0 Å². The first kappa shape index (κ1) is 26.1. The van der Waals surface area contributed by atoms with Crippen LogP contribution in [0.4, 0.5) is 22.1 Å². The van der Waals surface area contributed by atoms with E-state index in [-0.39, 0.29) is 24.2 Å². The Morgan fingerprint density at radius 1 is 1.30 bits per heavy atom. The lowest BCUT2D eigenvalue weighted by Gasteiger charge is -2.26. The van der Waals surface area contributed by atoms with Crippen LogP contribution in [0, 0.1) is 5.41 Å². The van der Waals surface area contributed by atoms with Crippen molar-refractivity contribution in [1.82, 2.24) is 15.4 Å². The lowest BCUT2D eigenvalue weighted by atomic mass is 9.95. The standard InChI is InChI=1S/C22H32ClN7O3/c1-6-9-33-19-11-15(10-17(23)27-19)26-22(32)29-30(7-8-31)18-12-16(13(2)3)20(14(4)24)21(25-5)28-18/h10-13,24,31H,6-9H2,1-5H3,(H,25,28)(H2,26,27,29,32). The van der Waals surface area contributed by atoms with Crippen LogP contribution in [0.25, 0.3) is 0 Å². The first-order valence-corrected chi connectivity index (χ1v) is 11.1. The predicted molar refractivity (Wildman–Crippen MR) is 132 cm³/mol. The monoisotopic (exact) mass is 477 g/mol. The Labute approximate surface area is 199 Å². The molecule has 0 bridgehead atoms. The number of carbonyl (C=O) groups excluding carboxylic acids is 1. The number of aliphatic hydroxyl groups excluding tert-OH is 1. The van der Waals surface area contributed by atoms with E-state index in [1.165, 1.54) is 11.1 Å². The highest BCUT2D eigenvalue weighted by Crippen LogP contribution is 2.29. The smallest absolute Gasteiger partial charge is 0.338 e. The van der Waals surface area contributed by atoms with Gasteiger partial charge in [-0.15, -0.1) is 0 Å². The Morgan fingerprint density at radius 3 is 2.61 bits per heavy atom. The fourth-order valence-corrected chi connectivity index (χ4v) is 3.36. The third-order valence-corrected chi connectivity index (χ3v) is 4.78. The molecule has 0 saturated carbocycles. The zero-order valence-corrected chi connectivity index (χ0v) is 20.4. The molecule has 10 nitrogen and oxygen atoms in total. The van der Waals surface area contributed by atoms with Gasteiger partial charge in [-0.3, -0.25) is 5.01 Å². The third kappa shape index (κ3) is 7.19. The summed E-state index contributed by atoms with van der Waals surface area (Å²) in [6, 6.07) is 4.34. The molecule has 0 fully saturated rings. The van der Waals surface area contributed by atoms with Crippen molar-refractivity contribution < 1.29 is 14.6 Å². The molecule has 0 aromatic carbocycles. The first-order chi connectivity index (χ1) is 15.7.